The van der Waals surface area contributed by atoms with Gasteiger partial charge in [0, 0.05) is 25.0 Å². The van der Waals surface area contributed by atoms with E-state index in [1.807, 2.05) is 13.8 Å². The van der Waals surface area contributed by atoms with E-state index < -0.39 is 11.4 Å². The van der Waals surface area contributed by atoms with E-state index in [1.54, 1.807) is 11.8 Å². The van der Waals surface area contributed by atoms with Gasteiger partial charge in [0.1, 0.15) is 0 Å². The van der Waals surface area contributed by atoms with Crippen molar-refractivity contribution in [3.8, 4) is 0 Å². The summed E-state index contributed by atoms with van der Waals surface area (Å²) in [5.41, 5.74) is -0.825. The minimum absolute atomic E-state index is 0.144. The molecule has 1 unspecified atom stereocenters. The number of nitrogens with one attached hydrogen (secondary N) is 1. The average molecular weight is 246 g/mol. The third kappa shape index (κ3) is 5.53. The maximum atomic E-state index is 11.6. The Hall–Kier alpha value is -1.30. The van der Waals surface area contributed by atoms with E-state index in [9.17, 15) is 14.7 Å². The van der Waals surface area contributed by atoms with Gasteiger partial charge in [-0.05, 0) is 13.8 Å². The molecule has 0 bridgehead atoms. The highest BCUT2D eigenvalue weighted by Gasteiger charge is 2.27. The normalized spacial score (nSPS) is 13.9. The lowest BCUT2D eigenvalue weighted by molar-refractivity contribution is -0.140. The molecule has 6 nitrogen and oxygen atoms in total. The van der Waals surface area contributed by atoms with E-state index in [0.29, 0.717) is 13.1 Å². The van der Waals surface area contributed by atoms with Gasteiger partial charge in [-0.2, -0.15) is 0 Å². The van der Waals surface area contributed by atoms with Gasteiger partial charge in [0.05, 0.1) is 13.0 Å². The first-order chi connectivity index (χ1) is 7.88. The van der Waals surface area contributed by atoms with Crippen LogP contribution >= 0.6 is 0 Å². The van der Waals surface area contributed by atoms with Crippen LogP contribution in [0.4, 0.5) is 4.79 Å². The number of aliphatic carboxylic acids is 1. The minimum Gasteiger partial charge on any atom is -0.481 e. The molecule has 0 aliphatic carbocycles. The molecule has 0 saturated carbocycles. The molecule has 100 valence electrons. The maximum Gasteiger partial charge on any atom is 0.317 e. The zero-order valence-electron chi connectivity index (χ0n) is 10.7. The Labute approximate surface area is 102 Å². The highest BCUT2D eigenvalue weighted by molar-refractivity contribution is 5.74. The van der Waals surface area contributed by atoms with Gasteiger partial charge in [-0.3, -0.25) is 4.79 Å². The third-order valence-electron chi connectivity index (χ3n) is 2.68. The number of hydrogen-bond acceptors (Lipinski definition) is 3. The van der Waals surface area contributed by atoms with Crippen molar-refractivity contribution in [1.82, 2.24) is 10.2 Å². The first kappa shape index (κ1) is 15.7. The van der Waals surface area contributed by atoms with Crippen LogP contribution in [0.2, 0.25) is 0 Å². The number of aliphatic hydroxyl groups excluding tert-OH is 1. The van der Waals surface area contributed by atoms with Crippen LogP contribution in [0.25, 0.3) is 0 Å². The number of rotatable bonds is 7. The number of hydrogen-bond donors (Lipinski definition) is 3. The second-order valence-corrected chi connectivity index (χ2v) is 4.37. The van der Waals surface area contributed by atoms with Gasteiger partial charge in [0.15, 0.2) is 0 Å². The predicted molar refractivity (Wildman–Crippen MR) is 63.8 cm³/mol. The topological polar surface area (TPSA) is 89.9 Å². The molecule has 2 amide bonds. The fourth-order valence-corrected chi connectivity index (χ4v) is 1.45. The summed E-state index contributed by atoms with van der Waals surface area (Å²) >= 11 is 0. The van der Waals surface area contributed by atoms with E-state index in [2.05, 4.69) is 5.32 Å². The number of urea groups is 1. The summed E-state index contributed by atoms with van der Waals surface area (Å²) in [5.74, 6) is -0.987. The molecule has 0 spiro atoms. The SMILES string of the molecule is CCN(CC)C(=O)NCC(C)(CO)CC(=O)O. The van der Waals surface area contributed by atoms with Crippen LogP contribution in [0, 0.1) is 5.41 Å². The molecule has 0 fully saturated rings. The zero-order chi connectivity index (χ0) is 13.5. The lowest BCUT2D eigenvalue weighted by Gasteiger charge is -2.27. The number of carboxylic acid groups (broad SMARTS) is 1. The number of nitrogens with zero attached hydrogens (tertiary/aromatic N) is 1. The van der Waals surface area contributed by atoms with Gasteiger partial charge in [-0.15, -0.1) is 0 Å². The lowest BCUT2D eigenvalue weighted by Crippen LogP contribution is -2.45. The largest absolute Gasteiger partial charge is 0.481 e. The summed E-state index contributed by atoms with van der Waals surface area (Å²) in [6, 6.07) is -0.236. The van der Waals surface area contributed by atoms with Crippen LogP contribution in [-0.2, 0) is 4.79 Å². The van der Waals surface area contributed by atoms with Gasteiger partial charge in [-0.1, -0.05) is 6.92 Å². The fourth-order valence-electron chi connectivity index (χ4n) is 1.45. The van der Waals surface area contributed by atoms with E-state index in [0.717, 1.165) is 0 Å². The van der Waals surface area contributed by atoms with Crippen molar-refractivity contribution in [2.24, 2.45) is 5.41 Å². The van der Waals surface area contributed by atoms with E-state index >= 15 is 0 Å². The molecule has 0 aliphatic heterocycles. The van der Waals surface area contributed by atoms with Gasteiger partial charge >= 0.3 is 12.0 Å². The average Bonchev–Trinajstić information content (AvgIpc) is 2.27. The monoisotopic (exact) mass is 246 g/mol. The lowest BCUT2D eigenvalue weighted by atomic mass is 9.88. The van der Waals surface area contributed by atoms with Gasteiger partial charge in [-0.25, -0.2) is 4.79 Å². The third-order valence-corrected chi connectivity index (χ3v) is 2.68. The van der Waals surface area contributed by atoms with E-state index in [1.165, 1.54) is 0 Å². The van der Waals surface area contributed by atoms with Crippen molar-refractivity contribution >= 4 is 12.0 Å². The Bertz CT molecular complexity index is 266. The summed E-state index contributed by atoms with van der Waals surface area (Å²) < 4.78 is 0. The van der Waals surface area contributed by atoms with Gasteiger partial charge in [0.2, 0.25) is 0 Å². The van der Waals surface area contributed by atoms with E-state index in [4.69, 9.17) is 5.11 Å². The number of amides is 2. The predicted octanol–water partition coefficient (Wildman–Crippen LogP) is 0.511. The van der Waals surface area contributed by atoms with Crippen molar-refractivity contribution in [2.75, 3.05) is 26.2 Å². The molecule has 0 rings (SSSR count). The van der Waals surface area contributed by atoms with Crippen molar-refractivity contribution in [1.29, 1.82) is 0 Å². The molecule has 0 radical (unpaired) electrons. The quantitative estimate of drug-likeness (QED) is 0.610. The number of carbonyl (C=O) groups excluding carboxylic acids is 1. The van der Waals surface area contributed by atoms with Crippen LogP contribution in [0.5, 0.6) is 0 Å². The van der Waals surface area contributed by atoms with Crippen molar-refractivity contribution < 1.29 is 19.8 Å². The minimum atomic E-state index is -0.987. The molecule has 0 aromatic heterocycles. The van der Waals surface area contributed by atoms with Crippen molar-refractivity contribution in [2.45, 2.75) is 27.2 Å². The standard InChI is InChI=1S/C11H22N2O4/c1-4-13(5-2)10(17)12-7-11(3,8-14)6-9(15)16/h14H,4-8H2,1-3H3,(H,12,17)(H,15,16). The molecule has 0 aliphatic rings. The molecule has 0 saturated heterocycles. The molecular weight excluding hydrogens is 224 g/mol. The summed E-state index contributed by atoms with van der Waals surface area (Å²) in [5, 5.41) is 20.5. The molecule has 0 heterocycles. The molecule has 3 N–H and O–H groups in total. The number of carboxylic acids is 1. The molecule has 1 atom stereocenters. The van der Waals surface area contributed by atoms with Crippen LogP contribution < -0.4 is 5.32 Å². The van der Waals surface area contributed by atoms with Crippen LogP contribution in [0.1, 0.15) is 27.2 Å². The number of carbonyl (C=O) groups is 2. The Morgan fingerprint density at radius 2 is 1.82 bits per heavy atom. The van der Waals surface area contributed by atoms with Crippen LogP contribution in [0.15, 0.2) is 0 Å². The molecule has 0 aromatic carbocycles. The summed E-state index contributed by atoms with van der Waals surface area (Å²) in [6.07, 6.45) is -0.179. The Kier molecular flexibility index (Phi) is 6.57. The summed E-state index contributed by atoms with van der Waals surface area (Å²) in [7, 11) is 0. The molecule has 0 aromatic rings. The molecular formula is C11H22N2O4. The Morgan fingerprint density at radius 1 is 1.29 bits per heavy atom. The first-order valence-electron chi connectivity index (χ1n) is 5.74. The van der Waals surface area contributed by atoms with Gasteiger partial charge < -0.3 is 20.4 Å². The van der Waals surface area contributed by atoms with Crippen LogP contribution in [-0.4, -0.2) is 53.4 Å². The van der Waals surface area contributed by atoms with Crippen molar-refractivity contribution in [3.05, 3.63) is 0 Å². The molecule has 6 heteroatoms. The first-order valence-corrected chi connectivity index (χ1v) is 5.74. The second kappa shape index (κ2) is 7.11. The van der Waals surface area contributed by atoms with Crippen molar-refractivity contribution in [3.63, 3.8) is 0 Å². The zero-order valence-corrected chi connectivity index (χ0v) is 10.7. The second-order valence-electron chi connectivity index (χ2n) is 4.37. The Morgan fingerprint density at radius 3 is 2.18 bits per heavy atom. The molecule has 17 heavy (non-hydrogen) atoms. The highest BCUT2D eigenvalue weighted by atomic mass is 16.4. The maximum absolute atomic E-state index is 11.6. The van der Waals surface area contributed by atoms with E-state index in [-0.39, 0.29) is 25.6 Å². The summed E-state index contributed by atoms with van der Waals surface area (Å²) in [4.78, 5) is 23.9. The number of aliphatic hydroxyl groups is 1. The Balaban J connectivity index is 4.31. The highest BCUT2D eigenvalue weighted by Crippen LogP contribution is 2.19. The summed E-state index contributed by atoms with van der Waals surface area (Å²) in [6.45, 7) is 6.41. The van der Waals surface area contributed by atoms with Gasteiger partial charge in [0.25, 0.3) is 0 Å². The fraction of sp³-hybridized carbons (Fsp3) is 0.818. The van der Waals surface area contributed by atoms with Crippen LogP contribution in [0.3, 0.4) is 0 Å². The smallest absolute Gasteiger partial charge is 0.317 e.